The summed E-state index contributed by atoms with van der Waals surface area (Å²) >= 11 is 1.87. The van der Waals surface area contributed by atoms with Gasteiger partial charge in [-0.1, -0.05) is 25.7 Å². The average molecular weight is 351 g/mol. The molecular formula is C15H27ClN2O3S. The molecule has 128 valence electrons. The van der Waals surface area contributed by atoms with E-state index in [1.165, 1.54) is 7.11 Å². The summed E-state index contributed by atoms with van der Waals surface area (Å²) in [7, 11) is 1.40. The van der Waals surface area contributed by atoms with Gasteiger partial charge in [-0.15, -0.1) is 12.4 Å². The lowest BCUT2D eigenvalue weighted by Crippen LogP contribution is -2.56. The quantitative estimate of drug-likeness (QED) is 0.598. The maximum absolute atomic E-state index is 12.3. The largest absolute Gasteiger partial charge is 0.467 e. The number of hydrogen-bond donors (Lipinski definition) is 2. The van der Waals surface area contributed by atoms with Crippen LogP contribution in [-0.4, -0.2) is 48.6 Å². The monoisotopic (exact) mass is 350 g/mol. The number of hydrogen-bond acceptors (Lipinski definition) is 5. The van der Waals surface area contributed by atoms with Crippen molar-refractivity contribution in [2.24, 2.45) is 0 Å². The Kier molecular flexibility index (Phi) is 8.57. The smallest absolute Gasteiger partial charge is 0.331 e. The first kappa shape index (κ1) is 19.6. The molecule has 1 saturated heterocycles. The third kappa shape index (κ3) is 5.32. The van der Waals surface area contributed by atoms with E-state index in [1.54, 1.807) is 0 Å². The van der Waals surface area contributed by atoms with Crippen molar-refractivity contribution in [2.45, 2.75) is 56.5 Å². The van der Waals surface area contributed by atoms with Gasteiger partial charge in [0.05, 0.1) is 7.11 Å². The standard InChI is InChI=1S/C15H26N2O3S.ClH/c1-20-14(19)15(6-4-2-3-5-7-15)17-13(18)10-12-11-21-9-8-16-12;/h12,16H,2-11H2,1H3,(H,17,18);1H. The van der Waals surface area contributed by atoms with Crippen LogP contribution in [0.4, 0.5) is 0 Å². The van der Waals surface area contributed by atoms with Gasteiger partial charge in [-0.2, -0.15) is 11.8 Å². The Morgan fingerprint density at radius 2 is 1.95 bits per heavy atom. The minimum atomic E-state index is -0.801. The van der Waals surface area contributed by atoms with Gasteiger partial charge in [0.2, 0.25) is 5.91 Å². The second kappa shape index (κ2) is 9.63. The van der Waals surface area contributed by atoms with E-state index in [4.69, 9.17) is 4.74 Å². The van der Waals surface area contributed by atoms with Crippen LogP contribution in [0.25, 0.3) is 0 Å². The van der Waals surface area contributed by atoms with Crippen LogP contribution in [0.3, 0.4) is 0 Å². The van der Waals surface area contributed by atoms with Crippen molar-refractivity contribution in [3.63, 3.8) is 0 Å². The van der Waals surface area contributed by atoms with E-state index in [0.29, 0.717) is 19.3 Å². The molecule has 2 aliphatic rings. The van der Waals surface area contributed by atoms with Gasteiger partial charge in [-0.25, -0.2) is 4.79 Å². The van der Waals surface area contributed by atoms with Crippen molar-refractivity contribution < 1.29 is 14.3 Å². The molecule has 0 aromatic rings. The molecule has 1 unspecified atom stereocenters. The van der Waals surface area contributed by atoms with E-state index < -0.39 is 5.54 Å². The molecule has 0 aromatic carbocycles. The Morgan fingerprint density at radius 1 is 1.27 bits per heavy atom. The SMILES string of the molecule is COC(=O)C1(NC(=O)CC2CSCCN2)CCCCCC1.Cl. The molecule has 5 nitrogen and oxygen atoms in total. The van der Waals surface area contributed by atoms with E-state index in [1.807, 2.05) is 11.8 Å². The Hall–Kier alpha value is -0.460. The Labute approximate surface area is 143 Å². The second-order valence-corrected chi connectivity index (χ2v) is 7.12. The third-order valence-electron chi connectivity index (χ3n) is 4.34. The molecule has 22 heavy (non-hydrogen) atoms. The zero-order valence-corrected chi connectivity index (χ0v) is 14.8. The Balaban J connectivity index is 0.00000242. The van der Waals surface area contributed by atoms with Crippen LogP contribution in [0, 0.1) is 0 Å². The van der Waals surface area contributed by atoms with Gasteiger partial charge in [0.15, 0.2) is 0 Å². The lowest BCUT2D eigenvalue weighted by atomic mass is 9.89. The van der Waals surface area contributed by atoms with Crippen LogP contribution < -0.4 is 10.6 Å². The zero-order chi connectivity index (χ0) is 15.1. The summed E-state index contributed by atoms with van der Waals surface area (Å²) in [6, 6.07) is 0.212. The normalized spacial score (nSPS) is 24.5. The lowest BCUT2D eigenvalue weighted by molar-refractivity contribution is -0.151. The van der Waals surface area contributed by atoms with Crippen molar-refractivity contribution >= 4 is 36.0 Å². The van der Waals surface area contributed by atoms with Crippen molar-refractivity contribution in [2.75, 3.05) is 25.2 Å². The molecule has 2 N–H and O–H groups in total. The number of halogens is 1. The van der Waals surface area contributed by atoms with Gasteiger partial charge in [0, 0.05) is 30.5 Å². The van der Waals surface area contributed by atoms with Crippen molar-refractivity contribution in [1.29, 1.82) is 0 Å². The first-order valence-electron chi connectivity index (χ1n) is 7.87. The fourth-order valence-electron chi connectivity index (χ4n) is 3.20. The molecule has 0 spiro atoms. The highest BCUT2D eigenvalue weighted by Gasteiger charge is 2.41. The molecule has 0 radical (unpaired) electrons. The van der Waals surface area contributed by atoms with E-state index in [9.17, 15) is 9.59 Å². The molecule has 2 rings (SSSR count). The molecule has 7 heteroatoms. The second-order valence-electron chi connectivity index (χ2n) is 5.97. The predicted molar refractivity (Wildman–Crippen MR) is 91.6 cm³/mol. The molecule has 1 amide bonds. The fraction of sp³-hybridized carbons (Fsp3) is 0.867. The number of rotatable bonds is 4. The Bertz CT molecular complexity index is 368. The number of nitrogens with one attached hydrogen (secondary N) is 2. The van der Waals surface area contributed by atoms with E-state index in [2.05, 4.69) is 10.6 Å². The summed E-state index contributed by atoms with van der Waals surface area (Å²) in [5.74, 6) is 1.73. The van der Waals surface area contributed by atoms with Crippen molar-refractivity contribution in [3.8, 4) is 0 Å². The molecule has 1 aliphatic heterocycles. The summed E-state index contributed by atoms with van der Waals surface area (Å²) in [6.07, 6.45) is 5.99. The third-order valence-corrected chi connectivity index (χ3v) is 5.47. The minimum Gasteiger partial charge on any atom is -0.467 e. The van der Waals surface area contributed by atoms with E-state index >= 15 is 0 Å². The number of ether oxygens (including phenoxy) is 1. The predicted octanol–water partition coefficient (Wildman–Crippen LogP) is 1.89. The highest BCUT2D eigenvalue weighted by atomic mass is 35.5. The molecule has 0 bridgehead atoms. The van der Waals surface area contributed by atoms with Gasteiger partial charge in [-0.3, -0.25) is 4.79 Å². The number of carbonyl (C=O) groups is 2. The first-order chi connectivity index (χ1) is 10.2. The van der Waals surface area contributed by atoms with Gasteiger partial charge < -0.3 is 15.4 Å². The summed E-state index contributed by atoms with van der Waals surface area (Å²) in [4.78, 5) is 24.6. The summed E-state index contributed by atoms with van der Waals surface area (Å²) < 4.78 is 4.97. The molecule has 2 fully saturated rings. The maximum atomic E-state index is 12.3. The molecule has 1 atom stereocenters. The zero-order valence-electron chi connectivity index (χ0n) is 13.2. The van der Waals surface area contributed by atoms with E-state index in [-0.39, 0.29) is 30.3 Å². The van der Waals surface area contributed by atoms with Crippen LogP contribution in [0.2, 0.25) is 0 Å². The highest BCUT2D eigenvalue weighted by molar-refractivity contribution is 7.99. The lowest BCUT2D eigenvalue weighted by Gasteiger charge is -2.32. The maximum Gasteiger partial charge on any atom is 0.331 e. The molecular weight excluding hydrogens is 324 g/mol. The van der Waals surface area contributed by atoms with E-state index in [0.717, 1.165) is 43.7 Å². The average Bonchev–Trinajstić information content (AvgIpc) is 2.73. The van der Waals surface area contributed by atoms with Gasteiger partial charge in [0.1, 0.15) is 5.54 Å². The minimum absolute atomic E-state index is 0. The molecule has 1 heterocycles. The summed E-state index contributed by atoms with van der Waals surface area (Å²) in [5, 5.41) is 6.37. The van der Waals surface area contributed by atoms with Crippen LogP contribution in [-0.2, 0) is 14.3 Å². The number of amides is 1. The van der Waals surface area contributed by atoms with Gasteiger partial charge in [0.25, 0.3) is 0 Å². The van der Waals surface area contributed by atoms with Crippen LogP contribution >= 0.6 is 24.2 Å². The van der Waals surface area contributed by atoms with Gasteiger partial charge in [-0.05, 0) is 12.8 Å². The number of esters is 1. The topological polar surface area (TPSA) is 67.4 Å². The van der Waals surface area contributed by atoms with Crippen molar-refractivity contribution in [1.82, 2.24) is 10.6 Å². The fourth-order valence-corrected chi connectivity index (χ4v) is 4.15. The number of thioether (sulfide) groups is 1. The van der Waals surface area contributed by atoms with Gasteiger partial charge >= 0.3 is 5.97 Å². The highest BCUT2D eigenvalue weighted by Crippen LogP contribution is 2.28. The molecule has 0 aromatic heterocycles. The number of methoxy groups -OCH3 is 1. The summed E-state index contributed by atoms with van der Waals surface area (Å²) in [5.41, 5.74) is -0.801. The summed E-state index contributed by atoms with van der Waals surface area (Å²) in [6.45, 7) is 0.949. The molecule has 1 aliphatic carbocycles. The van der Waals surface area contributed by atoms with Crippen molar-refractivity contribution in [3.05, 3.63) is 0 Å². The first-order valence-corrected chi connectivity index (χ1v) is 9.02. The molecule has 1 saturated carbocycles. The number of carbonyl (C=O) groups excluding carboxylic acids is 2. The van der Waals surface area contributed by atoms with Crippen LogP contribution in [0.1, 0.15) is 44.9 Å². The van der Waals surface area contributed by atoms with Crippen LogP contribution in [0.15, 0.2) is 0 Å². The Morgan fingerprint density at radius 3 is 2.50 bits per heavy atom. The van der Waals surface area contributed by atoms with Crippen LogP contribution in [0.5, 0.6) is 0 Å².